The molecule has 2 fully saturated rings. The van der Waals surface area contributed by atoms with Crippen LogP contribution >= 0.6 is 0 Å². The third-order valence-electron chi connectivity index (χ3n) is 3.42. The van der Waals surface area contributed by atoms with Gasteiger partial charge in [-0.25, -0.2) is 0 Å². The summed E-state index contributed by atoms with van der Waals surface area (Å²) >= 11 is 0. The molecule has 19 heavy (non-hydrogen) atoms. The highest BCUT2D eigenvalue weighted by molar-refractivity contribution is 4.89. The van der Waals surface area contributed by atoms with Gasteiger partial charge in [0.1, 0.15) is 24.4 Å². The van der Waals surface area contributed by atoms with Gasteiger partial charge in [0.05, 0.1) is 13.2 Å². The Hall–Kier alpha value is -0.240. The van der Waals surface area contributed by atoms with Gasteiger partial charge in [0.25, 0.3) is 0 Å². The molecule has 6 nitrogen and oxygen atoms in total. The lowest BCUT2D eigenvalue weighted by Gasteiger charge is -2.30. The number of aliphatic hydroxyl groups is 1. The van der Waals surface area contributed by atoms with Crippen molar-refractivity contribution in [3.8, 4) is 0 Å². The van der Waals surface area contributed by atoms with E-state index in [4.69, 9.17) is 23.7 Å². The molecule has 1 N–H and O–H groups in total. The number of aliphatic hydroxyl groups excluding tert-OH is 1. The molecule has 0 aliphatic carbocycles. The maximum atomic E-state index is 10.4. The highest BCUT2D eigenvalue weighted by Gasteiger charge is 2.46. The van der Waals surface area contributed by atoms with Crippen molar-refractivity contribution in [2.75, 3.05) is 20.3 Å². The topological polar surface area (TPSA) is 66.4 Å². The van der Waals surface area contributed by atoms with Gasteiger partial charge in [-0.05, 0) is 27.7 Å². The Kier molecular flexibility index (Phi) is 4.21. The van der Waals surface area contributed by atoms with Crippen LogP contribution < -0.4 is 0 Å². The van der Waals surface area contributed by atoms with Crippen LogP contribution in [0.15, 0.2) is 0 Å². The molecule has 4 atom stereocenters. The fourth-order valence-electron chi connectivity index (χ4n) is 2.48. The molecule has 0 amide bonds. The Morgan fingerprint density at radius 2 is 1.47 bits per heavy atom. The second-order valence-electron chi connectivity index (χ2n) is 5.93. The molecule has 2 aliphatic heterocycles. The molecule has 0 radical (unpaired) electrons. The monoisotopic (exact) mass is 276 g/mol. The van der Waals surface area contributed by atoms with Gasteiger partial charge in [0, 0.05) is 7.11 Å². The van der Waals surface area contributed by atoms with E-state index < -0.39 is 29.9 Å². The zero-order valence-electron chi connectivity index (χ0n) is 12.2. The average molecular weight is 276 g/mol. The summed E-state index contributed by atoms with van der Waals surface area (Å²) in [5.74, 6) is -1.32. The van der Waals surface area contributed by atoms with E-state index in [1.165, 1.54) is 0 Å². The molecular formula is C13H24O6. The molecule has 2 saturated heterocycles. The smallest absolute Gasteiger partial charge is 0.163 e. The minimum atomic E-state index is -0.825. The molecule has 0 aromatic rings. The van der Waals surface area contributed by atoms with Crippen LogP contribution in [0.5, 0.6) is 0 Å². The average Bonchev–Trinajstić information content (AvgIpc) is 2.82. The number of hydrogen-bond donors (Lipinski definition) is 1. The summed E-state index contributed by atoms with van der Waals surface area (Å²) in [6.07, 6.45) is -2.08. The molecule has 112 valence electrons. The van der Waals surface area contributed by atoms with Gasteiger partial charge in [0.2, 0.25) is 0 Å². The van der Waals surface area contributed by atoms with Crippen molar-refractivity contribution < 1.29 is 28.8 Å². The fraction of sp³-hybridized carbons (Fsp3) is 1.00. The van der Waals surface area contributed by atoms with Crippen LogP contribution in [0, 0.1) is 0 Å². The maximum Gasteiger partial charge on any atom is 0.163 e. The molecule has 0 aromatic carbocycles. The van der Waals surface area contributed by atoms with Crippen molar-refractivity contribution in [2.45, 2.75) is 63.7 Å². The van der Waals surface area contributed by atoms with Crippen molar-refractivity contribution in [1.82, 2.24) is 0 Å². The first kappa shape index (κ1) is 15.2. The molecule has 2 rings (SSSR count). The van der Waals surface area contributed by atoms with Crippen molar-refractivity contribution in [2.24, 2.45) is 0 Å². The summed E-state index contributed by atoms with van der Waals surface area (Å²) in [5.41, 5.74) is 0. The summed E-state index contributed by atoms with van der Waals surface area (Å²) in [4.78, 5) is 0. The summed E-state index contributed by atoms with van der Waals surface area (Å²) in [7, 11) is 1.55. The first-order valence-corrected chi connectivity index (χ1v) is 6.58. The zero-order valence-corrected chi connectivity index (χ0v) is 12.2. The number of rotatable bonds is 4. The number of methoxy groups -OCH3 is 1. The second-order valence-corrected chi connectivity index (χ2v) is 5.93. The fourth-order valence-corrected chi connectivity index (χ4v) is 2.48. The van der Waals surface area contributed by atoms with E-state index in [0.29, 0.717) is 13.2 Å². The Labute approximate surface area is 113 Å². The van der Waals surface area contributed by atoms with Gasteiger partial charge in [0.15, 0.2) is 11.6 Å². The molecule has 0 aromatic heterocycles. The lowest BCUT2D eigenvalue weighted by atomic mass is 10.0. The minimum Gasteiger partial charge on any atom is -0.387 e. The van der Waals surface area contributed by atoms with Gasteiger partial charge in [-0.15, -0.1) is 0 Å². The Morgan fingerprint density at radius 3 is 1.84 bits per heavy atom. The molecule has 0 saturated carbocycles. The molecular weight excluding hydrogens is 252 g/mol. The van der Waals surface area contributed by atoms with Crippen molar-refractivity contribution in [1.29, 1.82) is 0 Å². The Bertz CT molecular complexity index is 316. The van der Waals surface area contributed by atoms with Crippen LogP contribution in [0.25, 0.3) is 0 Å². The van der Waals surface area contributed by atoms with Crippen molar-refractivity contribution in [3.63, 3.8) is 0 Å². The first-order valence-electron chi connectivity index (χ1n) is 6.58. The number of ether oxygens (including phenoxy) is 5. The Morgan fingerprint density at radius 1 is 1.00 bits per heavy atom. The predicted octanol–water partition coefficient (Wildman–Crippen LogP) is 0.665. The molecule has 0 bridgehead atoms. The normalized spacial score (nSPS) is 36.3. The summed E-state index contributed by atoms with van der Waals surface area (Å²) in [6.45, 7) is 8.04. The molecule has 6 heteroatoms. The maximum absolute atomic E-state index is 10.4. The largest absolute Gasteiger partial charge is 0.387 e. The van der Waals surface area contributed by atoms with Gasteiger partial charge in [-0.2, -0.15) is 0 Å². The highest BCUT2D eigenvalue weighted by atomic mass is 16.8. The highest BCUT2D eigenvalue weighted by Crippen LogP contribution is 2.30. The lowest BCUT2D eigenvalue weighted by molar-refractivity contribution is -0.188. The van der Waals surface area contributed by atoms with E-state index in [1.54, 1.807) is 7.11 Å². The molecule has 0 spiro atoms. The van der Waals surface area contributed by atoms with Gasteiger partial charge < -0.3 is 28.8 Å². The molecule has 0 unspecified atom stereocenters. The van der Waals surface area contributed by atoms with Crippen LogP contribution in [0.3, 0.4) is 0 Å². The van der Waals surface area contributed by atoms with Crippen LogP contribution in [-0.4, -0.2) is 61.4 Å². The predicted molar refractivity (Wildman–Crippen MR) is 66.6 cm³/mol. The van der Waals surface area contributed by atoms with E-state index in [1.807, 2.05) is 27.7 Å². The van der Waals surface area contributed by atoms with E-state index in [0.717, 1.165) is 0 Å². The quantitative estimate of drug-likeness (QED) is 0.814. The van der Waals surface area contributed by atoms with Crippen LogP contribution in [0.2, 0.25) is 0 Å². The molecule has 2 heterocycles. The Balaban J connectivity index is 1.98. The lowest BCUT2D eigenvalue weighted by Crippen LogP contribution is -2.48. The second kappa shape index (κ2) is 5.27. The first-order chi connectivity index (χ1) is 8.74. The summed E-state index contributed by atoms with van der Waals surface area (Å²) in [6, 6.07) is 0. The van der Waals surface area contributed by atoms with Crippen LogP contribution in [0.4, 0.5) is 0 Å². The SMILES string of the molecule is CO[C@@H]([C@H](O)[C@H]1COC(C)(C)O1)[C@H]1COC(C)(C)O1. The van der Waals surface area contributed by atoms with E-state index >= 15 is 0 Å². The van der Waals surface area contributed by atoms with E-state index in [-0.39, 0.29) is 6.10 Å². The number of hydrogen-bond acceptors (Lipinski definition) is 6. The van der Waals surface area contributed by atoms with E-state index in [2.05, 4.69) is 0 Å². The van der Waals surface area contributed by atoms with Crippen LogP contribution in [0.1, 0.15) is 27.7 Å². The third kappa shape index (κ3) is 3.45. The summed E-state index contributed by atoms with van der Waals surface area (Å²) < 4.78 is 27.7. The zero-order chi connectivity index (χ0) is 14.3. The molecule has 2 aliphatic rings. The van der Waals surface area contributed by atoms with Crippen molar-refractivity contribution in [3.05, 3.63) is 0 Å². The minimum absolute atomic E-state index is 0.317. The van der Waals surface area contributed by atoms with E-state index in [9.17, 15) is 5.11 Å². The standard InChI is InChI=1S/C13H24O6/c1-12(2)16-6-8(18-12)10(14)11(15-5)9-7-17-13(3,4)19-9/h8-11,14H,6-7H2,1-5H3/t8-,9-,10-,11-/m1/s1. The van der Waals surface area contributed by atoms with Crippen molar-refractivity contribution >= 4 is 0 Å². The van der Waals surface area contributed by atoms with Gasteiger partial charge in [-0.3, -0.25) is 0 Å². The van der Waals surface area contributed by atoms with Gasteiger partial charge >= 0.3 is 0 Å². The van der Waals surface area contributed by atoms with Crippen LogP contribution in [-0.2, 0) is 23.7 Å². The summed E-state index contributed by atoms with van der Waals surface area (Å²) in [5, 5.41) is 10.4. The van der Waals surface area contributed by atoms with Gasteiger partial charge in [-0.1, -0.05) is 0 Å². The third-order valence-corrected chi connectivity index (χ3v) is 3.42.